The van der Waals surface area contributed by atoms with Gasteiger partial charge in [0.2, 0.25) is 0 Å². The molecule has 4 heteroatoms. The minimum Gasteiger partial charge on any atom is -0.379 e. The number of ether oxygens (including phenoxy) is 1. The standard InChI is InChI=1S/C13H17F2NO/c1-9-6-13(15)10(7-12(9)14)2-3-11-8-17-5-4-16-11/h6-7,11,16H,2-5,8H2,1H3. The average Bonchev–Trinajstić information content (AvgIpc) is 2.33. The molecule has 1 aliphatic rings. The molecule has 1 fully saturated rings. The third-order valence-corrected chi connectivity index (χ3v) is 3.09. The van der Waals surface area contributed by atoms with Crippen molar-refractivity contribution >= 4 is 0 Å². The van der Waals surface area contributed by atoms with Gasteiger partial charge in [-0.25, -0.2) is 8.78 Å². The first kappa shape index (κ1) is 12.5. The highest BCUT2D eigenvalue weighted by Gasteiger charge is 2.14. The van der Waals surface area contributed by atoms with Gasteiger partial charge < -0.3 is 10.1 Å². The summed E-state index contributed by atoms with van der Waals surface area (Å²) in [5, 5.41) is 3.29. The predicted octanol–water partition coefficient (Wildman–Crippen LogP) is 2.19. The highest BCUT2D eigenvalue weighted by molar-refractivity contribution is 5.25. The van der Waals surface area contributed by atoms with Crippen LogP contribution in [0, 0.1) is 18.6 Å². The van der Waals surface area contributed by atoms with Crippen LogP contribution in [0.4, 0.5) is 8.78 Å². The number of morpholine rings is 1. The molecule has 1 aromatic rings. The minimum absolute atomic E-state index is 0.243. The van der Waals surface area contributed by atoms with Crippen LogP contribution in [0.2, 0.25) is 0 Å². The molecular formula is C13H17F2NO. The van der Waals surface area contributed by atoms with Crippen LogP contribution in [0.1, 0.15) is 17.5 Å². The summed E-state index contributed by atoms with van der Waals surface area (Å²) in [4.78, 5) is 0. The largest absolute Gasteiger partial charge is 0.379 e. The quantitative estimate of drug-likeness (QED) is 0.876. The summed E-state index contributed by atoms with van der Waals surface area (Å²) in [6.07, 6.45) is 1.30. The Kier molecular flexibility index (Phi) is 4.07. The van der Waals surface area contributed by atoms with Gasteiger partial charge in [0.05, 0.1) is 13.2 Å². The van der Waals surface area contributed by atoms with E-state index in [2.05, 4.69) is 5.32 Å². The Morgan fingerprint density at radius 3 is 2.88 bits per heavy atom. The minimum atomic E-state index is -0.339. The Bertz CT molecular complexity index is 389. The normalized spacial score (nSPS) is 20.5. The second kappa shape index (κ2) is 5.56. The molecule has 1 aromatic carbocycles. The van der Waals surface area contributed by atoms with E-state index >= 15 is 0 Å². The molecule has 0 aliphatic carbocycles. The van der Waals surface area contributed by atoms with E-state index in [1.54, 1.807) is 6.92 Å². The Hall–Kier alpha value is -1.00. The molecule has 1 heterocycles. The molecule has 0 radical (unpaired) electrons. The van der Waals surface area contributed by atoms with Crippen molar-refractivity contribution in [2.75, 3.05) is 19.8 Å². The molecule has 1 N–H and O–H groups in total. The molecule has 94 valence electrons. The van der Waals surface area contributed by atoms with Crippen molar-refractivity contribution in [1.29, 1.82) is 0 Å². The fourth-order valence-corrected chi connectivity index (χ4v) is 2.01. The van der Waals surface area contributed by atoms with E-state index in [-0.39, 0.29) is 17.7 Å². The summed E-state index contributed by atoms with van der Waals surface area (Å²) in [7, 11) is 0. The summed E-state index contributed by atoms with van der Waals surface area (Å²) >= 11 is 0. The van der Waals surface area contributed by atoms with Crippen LogP contribution in [0.15, 0.2) is 12.1 Å². The van der Waals surface area contributed by atoms with Crippen LogP contribution in [0.5, 0.6) is 0 Å². The first-order valence-electron chi connectivity index (χ1n) is 5.92. The van der Waals surface area contributed by atoms with E-state index in [1.165, 1.54) is 12.1 Å². The van der Waals surface area contributed by atoms with Crippen LogP contribution in [0.25, 0.3) is 0 Å². The van der Waals surface area contributed by atoms with E-state index in [0.29, 0.717) is 24.2 Å². The molecule has 0 bridgehead atoms. The third-order valence-electron chi connectivity index (χ3n) is 3.09. The highest BCUT2D eigenvalue weighted by Crippen LogP contribution is 2.16. The van der Waals surface area contributed by atoms with E-state index < -0.39 is 0 Å². The Morgan fingerprint density at radius 1 is 1.35 bits per heavy atom. The number of hydrogen-bond acceptors (Lipinski definition) is 2. The van der Waals surface area contributed by atoms with E-state index in [0.717, 1.165) is 19.6 Å². The van der Waals surface area contributed by atoms with Gasteiger partial charge in [0, 0.05) is 12.6 Å². The van der Waals surface area contributed by atoms with Crippen molar-refractivity contribution in [3.63, 3.8) is 0 Å². The second-order valence-corrected chi connectivity index (χ2v) is 4.46. The maximum atomic E-state index is 13.6. The van der Waals surface area contributed by atoms with Crippen molar-refractivity contribution < 1.29 is 13.5 Å². The zero-order valence-corrected chi connectivity index (χ0v) is 9.93. The molecule has 2 nitrogen and oxygen atoms in total. The van der Waals surface area contributed by atoms with Gasteiger partial charge >= 0.3 is 0 Å². The van der Waals surface area contributed by atoms with Crippen molar-refractivity contribution in [3.05, 3.63) is 34.9 Å². The van der Waals surface area contributed by atoms with Crippen molar-refractivity contribution in [1.82, 2.24) is 5.32 Å². The van der Waals surface area contributed by atoms with Crippen LogP contribution in [-0.2, 0) is 11.2 Å². The molecule has 0 amide bonds. The summed E-state index contributed by atoms with van der Waals surface area (Å²) in [5.74, 6) is -0.658. The van der Waals surface area contributed by atoms with Gasteiger partial charge in [0.1, 0.15) is 11.6 Å². The zero-order chi connectivity index (χ0) is 12.3. The van der Waals surface area contributed by atoms with Crippen LogP contribution in [0.3, 0.4) is 0 Å². The van der Waals surface area contributed by atoms with Crippen molar-refractivity contribution in [2.45, 2.75) is 25.8 Å². The van der Waals surface area contributed by atoms with Gasteiger partial charge in [-0.15, -0.1) is 0 Å². The zero-order valence-electron chi connectivity index (χ0n) is 9.93. The van der Waals surface area contributed by atoms with Gasteiger partial charge in [0.25, 0.3) is 0 Å². The number of nitrogens with one attached hydrogen (secondary N) is 1. The van der Waals surface area contributed by atoms with Gasteiger partial charge in [0.15, 0.2) is 0 Å². The van der Waals surface area contributed by atoms with E-state index in [9.17, 15) is 8.78 Å². The maximum absolute atomic E-state index is 13.6. The lowest BCUT2D eigenvalue weighted by Gasteiger charge is -2.23. The summed E-state index contributed by atoms with van der Waals surface area (Å²) < 4.78 is 32.2. The molecule has 1 unspecified atom stereocenters. The van der Waals surface area contributed by atoms with Gasteiger partial charge in [-0.3, -0.25) is 0 Å². The average molecular weight is 241 g/mol. The lowest BCUT2D eigenvalue weighted by Crippen LogP contribution is -2.41. The van der Waals surface area contributed by atoms with Gasteiger partial charge in [-0.1, -0.05) is 0 Å². The number of aryl methyl sites for hydroxylation is 2. The molecule has 1 aliphatic heterocycles. The molecular weight excluding hydrogens is 224 g/mol. The Balaban J connectivity index is 1.96. The summed E-state index contributed by atoms with van der Waals surface area (Å²) in [6.45, 7) is 3.77. The van der Waals surface area contributed by atoms with Crippen LogP contribution >= 0.6 is 0 Å². The molecule has 1 atom stereocenters. The van der Waals surface area contributed by atoms with Gasteiger partial charge in [-0.2, -0.15) is 0 Å². The van der Waals surface area contributed by atoms with E-state index in [4.69, 9.17) is 4.74 Å². The lowest BCUT2D eigenvalue weighted by atomic mass is 10.0. The summed E-state index contributed by atoms with van der Waals surface area (Å²) in [5.41, 5.74) is 0.797. The number of benzene rings is 1. The Labute approximate surface area is 100.0 Å². The highest BCUT2D eigenvalue weighted by atomic mass is 19.1. The molecule has 1 saturated heterocycles. The maximum Gasteiger partial charge on any atom is 0.126 e. The second-order valence-electron chi connectivity index (χ2n) is 4.46. The van der Waals surface area contributed by atoms with Crippen molar-refractivity contribution in [3.8, 4) is 0 Å². The smallest absolute Gasteiger partial charge is 0.126 e. The number of hydrogen-bond donors (Lipinski definition) is 1. The van der Waals surface area contributed by atoms with Crippen LogP contribution in [-0.4, -0.2) is 25.8 Å². The Morgan fingerprint density at radius 2 is 2.18 bits per heavy atom. The molecule has 17 heavy (non-hydrogen) atoms. The predicted molar refractivity (Wildman–Crippen MR) is 62.0 cm³/mol. The third kappa shape index (κ3) is 3.23. The molecule has 0 spiro atoms. The monoisotopic (exact) mass is 241 g/mol. The first-order valence-corrected chi connectivity index (χ1v) is 5.92. The molecule has 0 aromatic heterocycles. The fraction of sp³-hybridized carbons (Fsp3) is 0.538. The number of rotatable bonds is 3. The van der Waals surface area contributed by atoms with E-state index in [1.807, 2.05) is 0 Å². The SMILES string of the molecule is Cc1cc(F)c(CCC2COCCN2)cc1F. The molecule has 2 rings (SSSR count). The summed E-state index contributed by atoms with van der Waals surface area (Å²) in [6, 6.07) is 2.80. The number of halogens is 2. The lowest BCUT2D eigenvalue weighted by molar-refractivity contribution is 0.0743. The fourth-order valence-electron chi connectivity index (χ4n) is 2.01. The first-order chi connectivity index (χ1) is 8.16. The van der Waals surface area contributed by atoms with Crippen LogP contribution < -0.4 is 5.32 Å². The topological polar surface area (TPSA) is 21.3 Å². The van der Waals surface area contributed by atoms with Crippen molar-refractivity contribution in [2.24, 2.45) is 0 Å². The van der Waals surface area contributed by atoms with Gasteiger partial charge in [-0.05, 0) is 43.0 Å². The molecule has 0 saturated carbocycles.